The second kappa shape index (κ2) is 11.8. The van der Waals surface area contributed by atoms with Crippen molar-refractivity contribution >= 4 is 11.9 Å². The molecule has 37 heavy (non-hydrogen) atoms. The molecule has 1 aromatic carbocycles. The van der Waals surface area contributed by atoms with E-state index in [4.69, 9.17) is 14.2 Å². The van der Waals surface area contributed by atoms with E-state index in [1.807, 2.05) is 51.1 Å². The van der Waals surface area contributed by atoms with Crippen LogP contribution in [0.1, 0.15) is 63.5 Å². The molecule has 0 amide bonds. The molecule has 7 heteroatoms. The topological polar surface area (TPSA) is 102 Å². The van der Waals surface area contributed by atoms with E-state index in [-0.39, 0.29) is 36.2 Å². The smallest absolute Gasteiger partial charge is 0.347 e. The molecule has 0 bridgehead atoms. The van der Waals surface area contributed by atoms with Gasteiger partial charge >= 0.3 is 11.9 Å². The summed E-state index contributed by atoms with van der Waals surface area (Å²) in [6.07, 6.45) is 5.78. The molecule has 0 radical (unpaired) electrons. The molecule has 4 rings (SSSR count). The average molecular weight is 513 g/mol. The summed E-state index contributed by atoms with van der Waals surface area (Å²) in [7, 11) is 0. The van der Waals surface area contributed by atoms with Crippen LogP contribution in [0, 0.1) is 31.6 Å². The molecule has 1 heterocycles. The molecule has 0 saturated carbocycles. The van der Waals surface area contributed by atoms with Gasteiger partial charge in [0.2, 0.25) is 0 Å². The fourth-order valence-corrected chi connectivity index (χ4v) is 5.91. The Labute approximate surface area is 219 Å². The molecule has 3 aliphatic rings. The van der Waals surface area contributed by atoms with Crippen LogP contribution in [0.3, 0.4) is 0 Å². The summed E-state index contributed by atoms with van der Waals surface area (Å²) in [6, 6.07) is 5.90. The molecule has 1 saturated heterocycles. The van der Waals surface area contributed by atoms with Crippen LogP contribution in [-0.2, 0) is 19.1 Å². The minimum absolute atomic E-state index is 0.0488. The first-order valence-electron chi connectivity index (χ1n) is 13.5. The van der Waals surface area contributed by atoms with Crippen LogP contribution in [-0.4, -0.2) is 52.7 Å². The number of hydrogen-bond acceptors (Lipinski definition) is 7. The Balaban J connectivity index is 1.49. The van der Waals surface area contributed by atoms with Crippen molar-refractivity contribution in [3.05, 3.63) is 53.1 Å². The van der Waals surface area contributed by atoms with Crippen LogP contribution in [0.25, 0.3) is 0 Å². The maximum Gasteiger partial charge on any atom is 0.347 e. The number of esters is 2. The van der Waals surface area contributed by atoms with Crippen molar-refractivity contribution in [1.29, 1.82) is 0 Å². The van der Waals surface area contributed by atoms with Crippen LogP contribution < -0.4 is 4.74 Å². The zero-order valence-electron chi connectivity index (χ0n) is 22.3. The molecule has 0 aromatic heterocycles. The second-order valence-electron chi connectivity index (χ2n) is 10.9. The van der Waals surface area contributed by atoms with E-state index < -0.39 is 30.4 Å². The molecule has 2 aliphatic carbocycles. The van der Waals surface area contributed by atoms with E-state index in [0.29, 0.717) is 31.4 Å². The third-order valence-corrected chi connectivity index (χ3v) is 7.94. The number of hydrogen-bond donors (Lipinski definition) is 2. The van der Waals surface area contributed by atoms with Gasteiger partial charge in [0.1, 0.15) is 18.0 Å². The van der Waals surface area contributed by atoms with Crippen molar-refractivity contribution in [3.8, 4) is 5.75 Å². The van der Waals surface area contributed by atoms with E-state index in [9.17, 15) is 19.8 Å². The number of aryl methyl sites for hydroxylation is 2. The number of carbonyl (C=O) groups excluding carboxylic acids is 2. The molecule has 1 aromatic rings. The predicted octanol–water partition coefficient (Wildman–Crippen LogP) is 4.35. The van der Waals surface area contributed by atoms with Gasteiger partial charge < -0.3 is 24.4 Å². The highest BCUT2D eigenvalue weighted by molar-refractivity contribution is 5.75. The molecule has 0 spiro atoms. The Hall–Kier alpha value is -2.64. The SMILES string of the molecule is CCC(Oc1cc(C)ccc1C)C(=O)O[C@H]1C[C@H](O)C=C2C=C[C@H](C)[C@H](CC[C@@H]3C[C@@H](O)CC(=O)O3)[C@H]21. The lowest BCUT2D eigenvalue weighted by atomic mass is 9.66. The Bertz CT molecular complexity index is 1040. The number of cyclic esters (lactones) is 1. The van der Waals surface area contributed by atoms with Crippen molar-refractivity contribution in [2.24, 2.45) is 17.8 Å². The van der Waals surface area contributed by atoms with Gasteiger partial charge in [0, 0.05) is 18.8 Å². The van der Waals surface area contributed by atoms with Gasteiger partial charge in [-0.15, -0.1) is 0 Å². The number of fused-ring (bicyclic) bond motifs is 1. The van der Waals surface area contributed by atoms with Crippen LogP contribution in [0.2, 0.25) is 0 Å². The lowest BCUT2D eigenvalue weighted by Gasteiger charge is -2.43. The summed E-state index contributed by atoms with van der Waals surface area (Å²) in [6.45, 7) is 7.97. The minimum Gasteiger partial charge on any atom is -0.478 e. The first kappa shape index (κ1) is 27.4. The highest BCUT2D eigenvalue weighted by Crippen LogP contribution is 2.44. The third-order valence-electron chi connectivity index (χ3n) is 7.94. The van der Waals surface area contributed by atoms with Gasteiger partial charge in [0.05, 0.1) is 18.6 Å². The summed E-state index contributed by atoms with van der Waals surface area (Å²) in [5.74, 6) is 0.171. The normalized spacial score (nSPS) is 32.1. The summed E-state index contributed by atoms with van der Waals surface area (Å²) in [5.41, 5.74) is 2.98. The largest absolute Gasteiger partial charge is 0.478 e. The van der Waals surface area contributed by atoms with Gasteiger partial charge in [-0.25, -0.2) is 4.79 Å². The number of benzene rings is 1. The molecular formula is C30H40O7. The first-order chi connectivity index (χ1) is 17.6. The van der Waals surface area contributed by atoms with Crippen molar-refractivity contribution < 1.29 is 34.0 Å². The van der Waals surface area contributed by atoms with Gasteiger partial charge in [0.25, 0.3) is 0 Å². The Morgan fingerprint density at radius 3 is 2.70 bits per heavy atom. The summed E-state index contributed by atoms with van der Waals surface area (Å²) in [5, 5.41) is 20.5. The predicted molar refractivity (Wildman–Crippen MR) is 139 cm³/mol. The lowest BCUT2D eigenvalue weighted by molar-refractivity contribution is -0.165. The van der Waals surface area contributed by atoms with Crippen LogP contribution in [0.5, 0.6) is 5.75 Å². The van der Waals surface area contributed by atoms with Crippen molar-refractivity contribution in [2.45, 2.75) is 96.7 Å². The lowest BCUT2D eigenvalue weighted by Crippen LogP contribution is -2.44. The van der Waals surface area contributed by atoms with E-state index in [1.165, 1.54) is 0 Å². The number of allylic oxidation sites excluding steroid dienone is 2. The highest BCUT2D eigenvalue weighted by Gasteiger charge is 2.43. The first-order valence-corrected chi connectivity index (χ1v) is 13.5. The summed E-state index contributed by atoms with van der Waals surface area (Å²) >= 11 is 0. The summed E-state index contributed by atoms with van der Waals surface area (Å²) in [4.78, 5) is 25.1. The molecular weight excluding hydrogens is 472 g/mol. The Morgan fingerprint density at radius 1 is 1.19 bits per heavy atom. The molecule has 8 atom stereocenters. The maximum absolute atomic E-state index is 13.3. The zero-order valence-corrected chi connectivity index (χ0v) is 22.3. The molecule has 1 unspecified atom stereocenters. The molecule has 2 N–H and O–H groups in total. The van der Waals surface area contributed by atoms with Gasteiger partial charge in [-0.1, -0.05) is 44.2 Å². The van der Waals surface area contributed by atoms with E-state index >= 15 is 0 Å². The number of rotatable bonds is 8. The van der Waals surface area contributed by atoms with Gasteiger partial charge in [0.15, 0.2) is 6.10 Å². The van der Waals surface area contributed by atoms with Crippen LogP contribution >= 0.6 is 0 Å². The van der Waals surface area contributed by atoms with E-state index in [0.717, 1.165) is 23.1 Å². The van der Waals surface area contributed by atoms with Crippen molar-refractivity contribution in [3.63, 3.8) is 0 Å². The molecule has 1 fully saturated rings. The Kier molecular flexibility index (Phi) is 8.75. The van der Waals surface area contributed by atoms with E-state index in [2.05, 4.69) is 13.0 Å². The minimum atomic E-state index is -0.745. The third kappa shape index (κ3) is 6.63. The van der Waals surface area contributed by atoms with Crippen molar-refractivity contribution in [2.75, 3.05) is 0 Å². The number of carbonyl (C=O) groups is 2. The Morgan fingerprint density at radius 2 is 1.97 bits per heavy atom. The van der Waals surface area contributed by atoms with Crippen molar-refractivity contribution in [1.82, 2.24) is 0 Å². The number of ether oxygens (including phenoxy) is 3. The molecule has 1 aliphatic heterocycles. The van der Waals surface area contributed by atoms with Crippen LogP contribution in [0.4, 0.5) is 0 Å². The standard InChI is InChI=1S/C30H40O7/c1-5-25(36-26-12-17(2)6-7-19(26)4)30(34)37-27-15-21(31)13-20-9-8-18(3)24(29(20)27)11-10-23-14-22(32)16-28(33)35-23/h6-9,12-13,18,21-25,27,29,31-32H,5,10-11,14-16H2,1-4H3/t18-,21+,22+,23+,24-,25?,27-,29-/m0/s1. The van der Waals surface area contributed by atoms with Gasteiger partial charge in [-0.05, 0) is 67.7 Å². The fourth-order valence-electron chi connectivity index (χ4n) is 5.91. The van der Waals surface area contributed by atoms with Gasteiger partial charge in [-0.2, -0.15) is 0 Å². The highest BCUT2D eigenvalue weighted by atomic mass is 16.6. The molecule has 7 nitrogen and oxygen atoms in total. The fraction of sp³-hybridized carbons (Fsp3) is 0.600. The number of aliphatic hydroxyl groups excluding tert-OH is 2. The zero-order chi connectivity index (χ0) is 26.7. The summed E-state index contributed by atoms with van der Waals surface area (Å²) < 4.78 is 17.7. The number of aliphatic hydroxyl groups is 2. The second-order valence-corrected chi connectivity index (χ2v) is 10.9. The van der Waals surface area contributed by atoms with Crippen LogP contribution in [0.15, 0.2) is 42.0 Å². The molecule has 202 valence electrons. The average Bonchev–Trinajstić information content (AvgIpc) is 2.83. The quantitative estimate of drug-likeness (QED) is 0.499. The van der Waals surface area contributed by atoms with E-state index in [1.54, 1.807) is 0 Å². The van der Waals surface area contributed by atoms with Gasteiger partial charge in [-0.3, -0.25) is 4.79 Å². The maximum atomic E-state index is 13.3. The monoisotopic (exact) mass is 512 g/mol.